The summed E-state index contributed by atoms with van der Waals surface area (Å²) in [4.78, 5) is 0. The van der Waals surface area contributed by atoms with Gasteiger partial charge in [-0.1, -0.05) is 63.6 Å². The lowest BCUT2D eigenvalue weighted by atomic mass is 10.1. The quantitative estimate of drug-likeness (QED) is 0.523. The van der Waals surface area contributed by atoms with E-state index >= 15 is 0 Å². The third kappa shape index (κ3) is 9.85. The molecule has 0 aromatic heterocycles. The van der Waals surface area contributed by atoms with Crippen molar-refractivity contribution in [2.24, 2.45) is 0 Å². The normalized spacial score (nSPS) is 10.7. The van der Waals surface area contributed by atoms with Crippen LogP contribution in [0.25, 0.3) is 0 Å². The lowest BCUT2D eigenvalue weighted by molar-refractivity contribution is 0.308. The zero-order valence-corrected chi connectivity index (χ0v) is 13.1. The molecule has 0 saturated heterocycles. The fourth-order valence-corrected chi connectivity index (χ4v) is 2.24. The average molecular weight is 277 g/mol. The monoisotopic (exact) mass is 277 g/mol. The average Bonchev–Trinajstić information content (AvgIpc) is 2.49. The number of nitrogens with one attached hydrogen (secondary N) is 1. The molecule has 0 fully saturated rings. The van der Waals surface area contributed by atoms with Gasteiger partial charge >= 0.3 is 0 Å². The van der Waals surface area contributed by atoms with Crippen molar-refractivity contribution >= 4 is 0 Å². The van der Waals surface area contributed by atoms with Gasteiger partial charge in [0.1, 0.15) is 5.75 Å². The Kier molecular flexibility index (Phi) is 11.1. The molecule has 0 atom stereocenters. The maximum atomic E-state index is 5.65. The Morgan fingerprint density at radius 3 is 2.20 bits per heavy atom. The molecule has 1 aromatic carbocycles. The van der Waals surface area contributed by atoms with E-state index in [2.05, 4.69) is 12.2 Å². The summed E-state index contributed by atoms with van der Waals surface area (Å²) in [5.41, 5.74) is 0. The number of ether oxygens (including phenoxy) is 1. The van der Waals surface area contributed by atoms with Crippen LogP contribution >= 0.6 is 0 Å². The van der Waals surface area contributed by atoms with Crippen molar-refractivity contribution in [3.63, 3.8) is 0 Å². The molecule has 0 aliphatic carbocycles. The van der Waals surface area contributed by atoms with Crippen molar-refractivity contribution in [1.29, 1.82) is 0 Å². The number of unbranched alkanes of at least 4 members (excludes halogenated alkanes) is 6. The summed E-state index contributed by atoms with van der Waals surface area (Å²) in [6, 6.07) is 10.0. The molecule has 1 N–H and O–H groups in total. The molecule has 0 aliphatic heterocycles. The van der Waals surface area contributed by atoms with Gasteiger partial charge in [-0.25, -0.2) is 0 Å². The fraction of sp³-hybridized carbons (Fsp3) is 0.667. The van der Waals surface area contributed by atoms with Gasteiger partial charge in [-0.05, 0) is 38.1 Å². The van der Waals surface area contributed by atoms with Crippen LogP contribution in [-0.2, 0) is 0 Å². The van der Waals surface area contributed by atoms with E-state index in [1.54, 1.807) is 0 Å². The predicted octanol–water partition coefficient (Wildman–Crippen LogP) is 4.80. The Morgan fingerprint density at radius 2 is 1.45 bits per heavy atom. The standard InChI is InChI=1S/C18H31NO/c1-2-3-4-5-6-7-11-15-19-16-12-17-20-18-13-9-8-10-14-18/h8-10,13-14,19H,2-7,11-12,15-17H2,1H3. The lowest BCUT2D eigenvalue weighted by Gasteiger charge is -2.07. The Labute approximate surface area is 124 Å². The van der Waals surface area contributed by atoms with E-state index in [9.17, 15) is 0 Å². The van der Waals surface area contributed by atoms with Crippen LogP contribution in [0.5, 0.6) is 5.75 Å². The van der Waals surface area contributed by atoms with E-state index in [4.69, 9.17) is 4.74 Å². The molecule has 0 aliphatic rings. The highest BCUT2D eigenvalue weighted by molar-refractivity contribution is 5.20. The van der Waals surface area contributed by atoms with Crippen molar-refractivity contribution in [3.8, 4) is 5.75 Å². The predicted molar refractivity (Wildman–Crippen MR) is 87.4 cm³/mol. The van der Waals surface area contributed by atoms with Crippen molar-refractivity contribution in [3.05, 3.63) is 30.3 Å². The maximum Gasteiger partial charge on any atom is 0.119 e. The van der Waals surface area contributed by atoms with E-state index in [0.717, 1.165) is 31.9 Å². The Bertz CT molecular complexity index is 300. The van der Waals surface area contributed by atoms with Crippen LogP contribution < -0.4 is 10.1 Å². The first-order valence-electron chi connectivity index (χ1n) is 8.32. The van der Waals surface area contributed by atoms with Crippen molar-refractivity contribution in [2.75, 3.05) is 19.7 Å². The summed E-state index contributed by atoms with van der Waals surface area (Å²) in [6.45, 7) is 5.28. The van der Waals surface area contributed by atoms with Crippen molar-refractivity contribution in [2.45, 2.75) is 58.3 Å². The topological polar surface area (TPSA) is 21.3 Å². The largest absolute Gasteiger partial charge is 0.494 e. The van der Waals surface area contributed by atoms with Gasteiger partial charge in [0.25, 0.3) is 0 Å². The molecule has 20 heavy (non-hydrogen) atoms. The second-order valence-electron chi connectivity index (χ2n) is 5.39. The molecule has 0 saturated carbocycles. The molecule has 2 heteroatoms. The fourth-order valence-electron chi connectivity index (χ4n) is 2.24. The highest BCUT2D eigenvalue weighted by Gasteiger charge is 1.93. The van der Waals surface area contributed by atoms with Crippen LogP contribution in [0.4, 0.5) is 0 Å². The van der Waals surface area contributed by atoms with Crippen LogP contribution in [0.3, 0.4) is 0 Å². The summed E-state index contributed by atoms with van der Waals surface area (Å²) in [7, 11) is 0. The van der Waals surface area contributed by atoms with Gasteiger partial charge in [-0.15, -0.1) is 0 Å². The maximum absolute atomic E-state index is 5.65. The number of benzene rings is 1. The van der Waals surface area contributed by atoms with Crippen LogP contribution in [0.2, 0.25) is 0 Å². The zero-order valence-electron chi connectivity index (χ0n) is 13.1. The first-order valence-corrected chi connectivity index (χ1v) is 8.32. The highest BCUT2D eigenvalue weighted by atomic mass is 16.5. The van der Waals surface area contributed by atoms with Crippen LogP contribution in [-0.4, -0.2) is 19.7 Å². The number of para-hydroxylation sites is 1. The van der Waals surface area contributed by atoms with Gasteiger partial charge in [-0.2, -0.15) is 0 Å². The number of hydrogen-bond acceptors (Lipinski definition) is 2. The SMILES string of the molecule is CCCCCCCCCNCCCOc1ccccc1. The molecule has 0 unspecified atom stereocenters. The smallest absolute Gasteiger partial charge is 0.119 e. The summed E-state index contributed by atoms with van der Waals surface area (Å²) in [5, 5.41) is 3.49. The number of rotatable bonds is 13. The third-order valence-corrected chi connectivity index (χ3v) is 3.47. The molecule has 2 nitrogen and oxygen atoms in total. The van der Waals surface area contributed by atoms with E-state index < -0.39 is 0 Å². The van der Waals surface area contributed by atoms with Gasteiger partial charge in [0, 0.05) is 0 Å². The Balaban J connectivity index is 1.77. The first kappa shape index (κ1) is 17.0. The Morgan fingerprint density at radius 1 is 0.800 bits per heavy atom. The van der Waals surface area contributed by atoms with Gasteiger partial charge in [0.05, 0.1) is 6.61 Å². The molecule has 0 amide bonds. The molecule has 0 heterocycles. The summed E-state index contributed by atoms with van der Waals surface area (Å²) >= 11 is 0. The molecular weight excluding hydrogens is 246 g/mol. The van der Waals surface area contributed by atoms with E-state index in [-0.39, 0.29) is 0 Å². The molecule has 0 radical (unpaired) electrons. The zero-order chi connectivity index (χ0) is 14.3. The Hall–Kier alpha value is -1.02. The van der Waals surface area contributed by atoms with Gasteiger partial charge in [0.2, 0.25) is 0 Å². The molecule has 1 aromatic rings. The second-order valence-corrected chi connectivity index (χ2v) is 5.39. The summed E-state index contributed by atoms with van der Waals surface area (Å²) in [6.07, 6.45) is 10.7. The minimum Gasteiger partial charge on any atom is -0.494 e. The van der Waals surface area contributed by atoms with Crippen molar-refractivity contribution in [1.82, 2.24) is 5.32 Å². The van der Waals surface area contributed by atoms with Crippen LogP contribution in [0.1, 0.15) is 58.3 Å². The number of hydrogen-bond donors (Lipinski definition) is 1. The molecule has 114 valence electrons. The lowest BCUT2D eigenvalue weighted by Crippen LogP contribution is -2.18. The minimum absolute atomic E-state index is 0.800. The summed E-state index contributed by atoms with van der Waals surface area (Å²) in [5.74, 6) is 0.972. The van der Waals surface area contributed by atoms with Gasteiger partial charge in [0.15, 0.2) is 0 Å². The minimum atomic E-state index is 0.800. The van der Waals surface area contributed by atoms with Crippen LogP contribution in [0, 0.1) is 0 Å². The molecular formula is C18H31NO. The molecule has 0 spiro atoms. The second kappa shape index (κ2) is 13.0. The van der Waals surface area contributed by atoms with Gasteiger partial charge < -0.3 is 10.1 Å². The summed E-state index contributed by atoms with van der Waals surface area (Å²) < 4.78 is 5.65. The third-order valence-electron chi connectivity index (χ3n) is 3.47. The molecule has 1 rings (SSSR count). The molecule has 0 bridgehead atoms. The van der Waals surface area contributed by atoms with E-state index in [0.29, 0.717) is 0 Å². The van der Waals surface area contributed by atoms with E-state index in [1.807, 2.05) is 30.3 Å². The highest BCUT2D eigenvalue weighted by Crippen LogP contribution is 2.08. The van der Waals surface area contributed by atoms with Crippen LogP contribution in [0.15, 0.2) is 30.3 Å². The van der Waals surface area contributed by atoms with E-state index in [1.165, 1.54) is 44.9 Å². The first-order chi connectivity index (χ1) is 9.93. The van der Waals surface area contributed by atoms with Crippen molar-refractivity contribution < 1.29 is 4.74 Å². The van der Waals surface area contributed by atoms with Gasteiger partial charge in [-0.3, -0.25) is 0 Å².